The highest BCUT2D eigenvalue weighted by Crippen LogP contribution is 2.43. The number of furan rings is 1. The van der Waals surface area contributed by atoms with Crippen LogP contribution in [0.4, 0.5) is 11.4 Å². The van der Waals surface area contributed by atoms with Crippen LogP contribution in [-0.4, -0.2) is 45.8 Å². The molecule has 0 unspecified atom stereocenters. The molecule has 0 spiro atoms. The molecular formula is C54H60N6O. The van der Waals surface area contributed by atoms with Gasteiger partial charge in [-0.15, -0.1) is 0 Å². The van der Waals surface area contributed by atoms with E-state index in [4.69, 9.17) is 9.40 Å². The van der Waals surface area contributed by atoms with E-state index in [1.807, 2.05) is 0 Å². The Morgan fingerprint density at radius 1 is 0.590 bits per heavy atom. The first-order valence-electron chi connectivity index (χ1n) is 22.5. The molecule has 0 radical (unpaired) electrons. The number of benzene rings is 5. The van der Waals surface area contributed by atoms with E-state index in [9.17, 15) is 0 Å². The van der Waals surface area contributed by atoms with Crippen LogP contribution < -0.4 is 9.80 Å². The van der Waals surface area contributed by atoms with Gasteiger partial charge < -0.3 is 24.0 Å². The molecule has 0 atom stereocenters. The molecule has 0 bridgehead atoms. The van der Waals surface area contributed by atoms with Crippen LogP contribution in [0.1, 0.15) is 94.0 Å². The highest BCUT2D eigenvalue weighted by molar-refractivity contribution is 6.07. The second kappa shape index (κ2) is 18.2. The van der Waals surface area contributed by atoms with Crippen molar-refractivity contribution in [1.82, 2.24) is 19.4 Å². The van der Waals surface area contributed by atoms with Crippen LogP contribution >= 0.6 is 0 Å². The third-order valence-electron chi connectivity index (χ3n) is 12.4. The lowest BCUT2D eigenvalue weighted by Gasteiger charge is -2.23. The average molecular weight is 809 g/mol. The van der Waals surface area contributed by atoms with Crippen molar-refractivity contribution in [2.45, 2.75) is 84.5 Å². The summed E-state index contributed by atoms with van der Waals surface area (Å²) < 4.78 is 9.04. The smallest absolute Gasteiger partial charge is 0.144 e. The number of hydrogen-bond acceptors (Lipinski definition) is 6. The van der Waals surface area contributed by atoms with E-state index in [0.717, 1.165) is 86.8 Å². The molecule has 7 aromatic rings. The third kappa shape index (κ3) is 8.83. The first kappa shape index (κ1) is 40.2. The largest absolute Gasteiger partial charge is 0.456 e. The Morgan fingerprint density at radius 2 is 1.21 bits per heavy atom. The highest BCUT2D eigenvalue weighted by atomic mass is 16.3. The molecule has 61 heavy (non-hydrogen) atoms. The van der Waals surface area contributed by atoms with Gasteiger partial charge in [0.25, 0.3) is 0 Å². The molecule has 2 aliphatic rings. The lowest BCUT2D eigenvalue weighted by atomic mass is 9.89. The molecule has 7 heteroatoms. The molecule has 9 rings (SSSR count). The van der Waals surface area contributed by atoms with Crippen molar-refractivity contribution in [2.75, 3.05) is 36.2 Å². The quantitative estimate of drug-likeness (QED) is 0.0854. The van der Waals surface area contributed by atoms with Gasteiger partial charge in [0.05, 0.1) is 24.7 Å². The average Bonchev–Trinajstić information content (AvgIpc) is 4.11. The number of aryl methyl sites for hydroxylation is 2. The zero-order valence-corrected chi connectivity index (χ0v) is 36.4. The van der Waals surface area contributed by atoms with Crippen molar-refractivity contribution in [2.24, 2.45) is 0 Å². The van der Waals surface area contributed by atoms with Crippen LogP contribution in [0.5, 0.6) is 0 Å². The van der Waals surface area contributed by atoms with Crippen molar-refractivity contribution in [3.63, 3.8) is 0 Å². The van der Waals surface area contributed by atoms with E-state index in [-0.39, 0.29) is 5.92 Å². The lowest BCUT2D eigenvalue weighted by molar-refractivity contribution is 0.354. The van der Waals surface area contributed by atoms with Gasteiger partial charge in [0.1, 0.15) is 17.0 Å². The summed E-state index contributed by atoms with van der Waals surface area (Å²) in [5.74, 6) is 1.58. The van der Waals surface area contributed by atoms with E-state index in [0.29, 0.717) is 5.92 Å². The number of imidazole rings is 1. The van der Waals surface area contributed by atoms with E-state index in [2.05, 4.69) is 198 Å². The van der Waals surface area contributed by atoms with Gasteiger partial charge in [-0.25, -0.2) is 4.98 Å². The SMILES string of the molecule is CC(C)c1cc2c(oc3ccccc32)c(C(C)C)c1-n1cc(CCCCCc2ccc(N3C=CN(CCCCN4C=CN(c5ccccc5)C4)C3)cc2)nc1-c1ccccc1. The summed E-state index contributed by atoms with van der Waals surface area (Å²) in [4.78, 5) is 14.9. The molecule has 2 aromatic heterocycles. The maximum absolute atomic E-state index is 6.66. The van der Waals surface area contributed by atoms with Gasteiger partial charge in [0.15, 0.2) is 0 Å². The van der Waals surface area contributed by atoms with E-state index in [1.54, 1.807) is 0 Å². The molecule has 4 heterocycles. The second-order valence-electron chi connectivity index (χ2n) is 17.5. The summed E-state index contributed by atoms with van der Waals surface area (Å²) in [6.07, 6.45) is 19.0. The van der Waals surface area contributed by atoms with Crippen LogP contribution in [0, 0.1) is 0 Å². The molecule has 0 saturated heterocycles. The summed E-state index contributed by atoms with van der Waals surface area (Å²) in [6, 6.07) is 41.3. The first-order valence-corrected chi connectivity index (χ1v) is 22.5. The molecule has 0 saturated carbocycles. The molecule has 0 N–H and O–H groups in total. The fraction of sp³-hybridized carbons (Fsp3) is 0.315. The molecule has 5 aromatic carbocycles. The Hall–Kier alpha value is -6.21. The molecule has 312 valence electrons. The summed E-state index contributed by atoms with van der Waals surface area (Å²) in [6.45, 7) is 13.2. The number of aromatic nitrogens is 2. The summed E-state index contributed by atoms with van der Waals surface area (Å²) in [7, 11) is 0. The Bertz CT molecular complexity index is 2600. The molecular weight excluding hydrogens is 749 g/mol. The molecule has 0 amide bonds. The van der Waals surface area contributed by atoms with Gasteiger partial charge in [-0.2, -0.15) is 0 Å². The van der Waals surface area contributed by atoms with Crippen LogP contribution in [0.25, 0.3) is 39.0 Å². The summed E-state index contributed by atoms with van der Waals surface area (Å²) >= 11 is 0. The van der Waals surface area contributed by atoms with Crippen LogP contribution in [0.15, 0.2) is 151 Å². The molecule has 7 nitrogen and oxygen atoms in total. The minimum atomic E-state index is 0.258. The summed E-state index contributed by atoms with van der Waals surface area (Å²) in [5.41, 5.74) is 11.9. The number of para-hydroxylation sites is 2. The fourth-order valence-corrected chi connectivity index (χ4v) is 9.12. The van der Waals surface area contributed by atoms with Crippen molar-refractivity contribution in [3.8, 4) is 17.1 Å². The first-order chi connectivity index (χ1) is 29.9. The van der Waals surface area contributed by atoms with E-state index >= 15 is 0 Å². The standard InChI is InChI=1S/C54H60N6O/c1-40(2)48-36-49-47-24-14-15-25-50(47)61-53(49)51(41(3)4)52(48)60-37-44(55-54(60)43-19-9-6-10-20-43)21-11-5-8-18-42-26-28-46(29-27-42)59-35-33-57(39-59)31-17-16-30-56-32-34-58(38-56)45-22-12-7-13-23-45/h6-7,9-10,12-15,19-20,22-29,32-37,40-41H,5,8,11,16-18,21,30-31,38-39H2,1-4H3. The zero-order chi connectivity index (χ0) is 41.7. The van der Waals surface area contributed by atoms with Crippen molar-refractivity contribution in [1.29, 1.82) is 0 Å². The van der Waals surface area contributed by atoms with Crippen LogP contribution in [0.2, 0.25) is 0 Å². The molecule has 0 aliphatic carbocycles. The van der Waals surface area contributed by atoms with Gasteiger partial charge >= 0.3 is 0 Å². The zero-order valence-electron chi connectivity index (χ0n) is 36.4. The Kier molecular flexibility index (Phi) is 12.0. The van der Waals surface area contributed by atoms with Gasteiger partial charge in [-0.1, -0.05) is 113 Å². The van der Waals surface area contributed by atoms with Crippen LogP contribution in [-0.2, 0) is 12.8 Å². The van der Waals surface area contributed by atoms with Crippen molar-refractivity contribution in [3.05, 3.63) is 169 Å². The maximum Gasteiger partial charge on any atom is 0.144 e. The number of nitrogens with zero attached hydrogens (tertiary/aromatic N) is 6. The van der Waals surface area contributed by atoms with Gasteiger partial charge in [-0.05, 0) is 97.9 Å². The third-order valence-corrected chi connectivity index (χ3v) is 12.4. The van der Waals surface area contributed by atoms with Crippen LogP contribution in [0.3, 0.4) is 0 Å². The summed E-state index contributed by atoms with van der Waals surface area (Å²) in [5, 5.41) is 2.38. The molecule has 2 aliphatic heterocycles. The predicted octanol–water partition coefficient (Wildman–Crippen LogP) is 13.2. The van der Waals surface area contributed by atoms with Gasteiger partial charge in [0.2, 0.25) is 0 Å². The number of unbranched alkanes of at least 4 members (excludes halogenated alkanes) is 3. The Balaban J connectivity index is 0.788. The Labute approximate surface area is 362 Å². The lowest BCUT2D eigenvalue weighted by Crippen LogP contribution is -2.27. The number of fused-ring (bicyclic) bond motifs is 3. The monoisotopic (exact) mass is 808 g/mol. The second-order valence-corrected chi connectivity index (χ2v) is 17.5. The number of rotatable bonds is 17. The minimum Gasteiger partial charge on any atom is -0.456 e. The fourth-order valence-electron chi connectivity index (χ4n) is 9.12. The topological polar surface area (TPSA) is 43.9 Å². The maximum atomic E-state index is 6.66. The number of anilines is 2. The Morgan fingerprint density at radius 3 is 1.89 bits per heavy atom. The van der Waals surface area contributed by atoms with Crippen molar-refractivity contribution < 1.29 is 4.42 Å². The van der Waals surface area contributed by atoms with E-state index in [1.165, 1.54) is 57.4 Å². The normalized spacial score (nSPS) is 14.1. The van der Waals surface area contributed by atoms with E-state index < -0.39 is 0 Å². The minimum absolute atomic E-state index is 0.258. The highest BCUT2D eigenvalue weighted by Gasteiger charge is 2.26. The number of hydrogen-bond donors (Lipinski definition) is 0. The van der Waals surface area contributed by atoms with Crippen molar-refractivity contribution >= 4 is 33.3 Å². The predicted molar refractivity (Wildman–Crippen MR) is 254 cm³/mol. The molecule has 0 fully saturated rings. The van der Waals surface area contributed by atoms with Gasteiger partial charge in [-0.3, -0.25) is 4.57 Å². The van der Waals surface area contributed by atoms with Gasteiger partial charge in [0, 0.05) is 77.4 Å².